The lowest BCUT2D eigenvalue weighted by Gasteiger charge is -2.34. The summed E-state index contributed by atoms with van der Waals surface area (Å²) in [6, 6.07) is 11.9. The van der Waals surface area contributed by atoms with Gasteiger partial charge in [-0.3, -0.25) is 4.90 Å². The molecule has 2 aromatic heterocycles. The first kappa shape index (κ1) is 16.1. The van der Waals surface area contributed by atoms with E-state index in [0.29, 0.717) is 6.54 Å². The molecule has 0 bridgehead atoms. The third kappa shape index (κ3) is 3.83. The average molecular weight is 356 g/mol. The Bertz CT molecular complexity index is 805. The maximum atomic E-state index is 12.2. The van der Waals surface area contributed by atoms with Gasteiger partial charge in [-0.05, 0) is 24.3 Å². The van der Waals surface area contributed by atoms with Crippen molar-refractivity contribution >= 4 is 27.6 Å². The van der Waals surface area contributed by atoms with Crippen molar-refractivity contribution < 1.29 is 9.21 Å². The van der Waals surface area contributed by atoms with Crippen molar-refractivity contribution in [1.82, 2.24) is 20.1 Å². The first-order valence-corrected chi connectivity index (χ1v) is 9.21. The molecule has 3 heterocycles. The summed E-state index contributed by atoms with van der Waals surface area (Å²) in [7, 11) is 0. The molecular formula is C18H20N4O2S. The van der Waals surface area contributed by atoms with Crippen LogP contribution >= 0.6 is 11.3 Å². The number of thiazole rings is 1. The van der Waals surface area contributed by atoms with Gasteiger partial charge in [0.1, 0.15) is 10.8 Å². The molecule has 130 valence electrons. The highest BCUT2D eigenvalue weighted by Gasteiger charge is 2.21. The van der Waals surface area contributed by atoms with Crippen molar-refractivity contribution in [1.29, 1.82) is 0 Å². The van der Waals surface area contributed by atoms with E-state index < -0.39 is 0 Å². The number of furan rings is 1. The number of fused-ring (bicyclic) bond motifs is 1. The second kappa shape index (κ2) is 7.25. The SMILES string of the molecule is O=C(NCc1ccco1)N1CCN(Cc2nc3ccccc3s2)CC1. The fraction of sp³-hybridized carbons (Fsp3) is 0.333. The maximum Gasteiger partial charge on any atom is 0.317 e. The van der Waals surface area contributed by atoms with E-state index in [1.165, 1.54) is 4.70 Å². The standard InChI is InChI=1S/C18H20N4O2S/c23-18(19-12-14-4-3-11-24-14)22-9-7-21(8-10-22)13-17-20-15-5-1-2-6-16(15)25-17/h1-6,11H,7-10,12-13H2,(H,19,23). The van der Waals surface area contributed by atoms with Crippen LogP contribution in [-0.4, -0.2) is 47.0 Å². The Kier molecular flexibility index (Phi) is 4.67. The Morgan fingerprint density at radius 1 is 1.16 bits per heavy atom. The number of nitrogens with one attached hydrogen (secondary N) is 1. The first-order valence-electron chi connectivity index (χ1n) is 8.40. The lowest BCUT2D eigenvalue weighted by Crippen LogP contribution is -2.51. The van der Waals surface area contributed by atoms with Gasteiger partial charge in [-0.1, -0.05) is 12.1 Å². The van der Waals surface area contributed by atoms with Crippen molar-refractivity contribution in [3.63, 3.8) is 0 Å². The molecule has 0 radical (unpaired) electrons. The van der Waals surface area contributed by atoms with Crippen LogP contribution in [0.3, 0.4) is 0 Å². The van der Waals surface area contributed by atoms with Crippen LogP contribution in [0.2, 0.25) is 0 Å². The second-order valence-electron chi connectivity index (χ2n) is 6.08. The van der Waals surface area contributed by atoms with E-state index >= 15 is 0 Å². The molecule has 6 nitrogen and oxygen atoms in total. The van der Waals surface area contributed by atoms with Gasteiger partial charge < -0.3 is 14.6 Å². The Morgan fingerprint density at radius 2 is 2.00 bits per heavy atom. The number of nitrogens with zero attached hydrogens (tertiary/aromatic N) is 3. The van der Waals surface area contributed by atoms with Crippen molar-refractivity contribution in [2.75, 3.05) is 26.2 Å². The van der Waals surface area contributed by atoms with Gasteiger partial charge in [0.05, 0.1) is 29.6 Å². The number of rotatable bonds is 4. The lowest BCUT2D eigenvalue weighted by molar-refractivity contribution is 0.134. The van der Waals surface area contributed by atoms with Crippen molar-refractivity contribution in [2.45, 2.75) is 13.1 Å². The molecule has 1 fully saturated rings. The first-order chi connectivity index (χ1) is 12.3. The number of hydrogen-bond acceptors (Lipinski definition) is 5. The minimum atomic E-state index is -0.0314. The van der Waals surface area contributed by atoms with Crippen LogP contribution in [-0.2, 0) is 13.1 Å². The largest absolute Gasteiger partial charge is 0.467 e. The topological polar surface area (TPSA) is 61.6 Å². The summed E-state index contributed by atoms with van der Waals surface area (Å²) in [6.45, 7) is 4.47. The molecule has 7 heteroatoms. The third-order valence-electron chi connectivity index (χ3n) is 4.35. The Hall–Kier alpha value is -2.38. The number of para-hydroxylation sites is 1. The second-order valence-corrected chi connectivity index (χ2v) is 7.19. The number of urea groups is 1. The summed E-state index contributed by atoms with van der Waals surface area (Å²) in [4.78, 5) is 21.1. The number of carbonyl (C=O) groups excluding carboxylic acids is 1. The quantitative estimate of drug-likeness (QED) is 0.781. The Balaban J connectivity index is 1.27. The number of hydrogen-bond donors (Lipinski definition) is 1. The average Bonchev–Trinajstić information content (AvgIpc) is 3.29. The summed E-state index contributed by atoms with van der Waals surface area (Å²) in [5.41, 5.74) is 1.07. The summed E-state index contributed by atoms with van der Waals surface area (Å²) in [5.74, 6) is 0.767. The molecular weight excluding hydrogens is 336 g/mol. The molecule has 0 aliphatic carbocycles. The summed E-state index contributed by atoms with van der Waals surface area (Å²) >= 11 is 1.75. The molecule has 1 saturated heterocycles. The summed E-state index contributed by atoms with van der Waals surface area (Å²) in [5, 5.41) is 4.04. The van der Waals surface area contributed by atoms with Gasteiger partial charge in [-0.15, -0.1) is 11.3 Å². The van der Waals surface area contributed by atoms with E-state index in [2.05, 4.69) is 22.3 Å². The normalized spacial score (nSPS) is 15.6. The van der Waals surface area contributed by atoms with Gasteiger partial charge in [0, 0.05) is 26.2 Å². The highest BCUT2D eigenvalue weighted by Crippen LogP contribution is 2.23. The summed E-state index contributed by atoms with van der Waals surface area (Å²) < 4.78 is 6.46. The number of amides is 2. The van der Waals surface area contributed by atoms with Gasteiger partial charge in [-0.2, -0.15) is 0 Å². The minimum Gasteiger partial charge on any atom is -0.467 e. The van der Waals surface area contributed by atoms with E-state index in [0.717, 1.165) is 49.0 Å². The molecule has 2 amide bonds. The molecule has 4 rings (SSSR count). The molecule has 1 aliphatic heterocycles. The van der Waals surface area contributed by atoms with E-state index in [-0.39, 0.29) is 6.03 Å². The molecule has 25 heavy (non-hydrogen) atoms. The van der Waals surface area contributed by atoms with Crippen LogP contribution in [0.1, 0.15) is 10.8 Å². The van der Waals surface area contributed by atoms with Gasteiger partial charge in [0.25, 0.3) is 0 Å². The van der Waals surface area contributed by atoms with E-state index in [4.69, 9.17) is 9.40 Å². The van der Waals surface area contributed by atoms with Gasteiger partial charge in [-0.25, -0.2) is 9.78 Å². The van der Waals surface area contributed by atoms with Crippen LogP contribution in [0.15, 0.2) is 47.1 Å². The lowest BCUT2D eigenvalue weighted by atomic mass is 10.3. The number of aromatic nitrogens is 1. The molecule has 1 aromatic carbocycles. The van der Waals surface area contributed by atoms with Gasteiger partial charge in [0.2, 0.25) is 0 Å². The predicted octanol–water partition coefficient (Wildman–Crippen LogP) is 2.92. The van der Waals surface area contributed by atoms with Crippen LogP contribution in [0.4, 0.5) is 4.79 Å². The molecule has 0 atom stereocenters. The van der Waals surface area contributed by atoms with Crippen LogP contribution in [0, 0.1) is 0 Å². The molecule has 1 aliphatic rings. The summed E-state index contributed by atoms with van der Waals surface area (Å²) in [6.07, 6.45) is 1.61. The minimum absolute atomic E-state index is 0.0314. The van der Waals surface area contributed by atoms with Gasteiger partial charge >= 0.3 is 6.03 Å². The van der Waals surface area contributed by atoms with E-state index in [1.807, 2.05) is 29.2 Å². The molecule has 0 unspecified atom stereocenters. The van der Waals surface area contributed by atoms with Crippen LogP contribution < -0.4 is 5.32 Å². The molecule has 3 aromatic rings. The van der Waals surface area contributed by atoms with E-state index in [1.54, 1.807) is 17.6 Å². The molecule has 0 spiro atoms. The number of benzene rings is 1. The zero-order valence-corrected chi connectivity index (χ0v) is 14.7. The van der Waals surface area contributed by atoms with E-state index in [9.17, 15) is 4.79 Å². The fourth-order valence-electron chi connectivity index (χ4n) is 2.98. The smallest absolute Gasteiger partial charge is 0.317 e. The molecule has 1 N–H and O–H groups in total. The third-order valence-corrected chi connectivity index (χ3v) is 5.37. The predicted molar refractivity (Wildman–Crippen MR) is 97.4 cm³/mol. The number of carbonyl (C=O) groups is 1. The zero-order chi connectivity index (χ0) is 17.1. The fourth-order valence-corrected chi connectivity index (χ4v) is 3.99. The van der Waals surface area contributed by atoms with Crippen LogP contribution in [0.5, 0.6) is 0 Å². The van der Waals surface area contributed by atoms with Crippen molar-refractivity contribution in [2.24, 2.45) is 0 Å². The number of piperazine rings is 1. The zero-order valence-electron chi connectivity index (χ0n) is 13.9. The monoisotopic (exact) mass is 356 g/mol. The van der Waals surface area contributed by atoms with Crippen LogP contribution in [0.25, 0.3) is 10.2 Å². The van der Waals surface area contributed by atoms with Crippen molar-refractivity contribution in [3.05, 3.63) is 53.4 Å². The Labute approximate surface area is 150 Å². The molecule has 0 saturated carbocycles. The highest BCUT2D eigenvalue weighted by molar-refractivity contribution is 7.18. The van der Waals surface area contributed by atoms with Gasteiger partial charge in [0.15, 0.2) is 0 Å². The Morgan fingerprint density at radius 3 is 2.76 bits per heavy atom. The maximum absolute atomic E-state index is 12.2. The van der Waals surface area contributed by atoms with Crippen molar-refractivity contribution in [3.8, 4) is 0 Å². The highest BCUT2D eigenvalue weighted by atomic mass is 32.1.